The third-order valence-corrected chi connectivity index (χ3v) is 1.99. The zero-order chi connectivity index (χ0) is 8.97. The van der Waals surface area contributed by atoms with Crippen LogP contribution in [0.3, 0.4) is 0 Å². The third-order valence-electron chi connectivity index (χ3n) is 1.99. The Morgan fingerprint density at radius 3 is 2.92 bits per heavy atom. The molecule has 1 aromatic heterocycles. The number of hydrogen-bond acceptors (Lipinski definition) is 3. The van der Waals surface area contributed by atoms with Crippen LogP contribution in [0.2, 0.25) is 0 Å². The largest absolute Gasteiger partial charge is 0.469 e. The minimum Gasteiger partial charge on any atom is -0.469 e. The van der Waals surface area contributed by atoms with Crippen LogP contribution in [-0.2, 0) is 11.2 Å². The number of methoxy groups -OCH3 is 1. The van der Waals surface area contributed by atoms with Crippen molar-refractivity contribution in [1.82, 2.24) is 0 Å². The monoisotopic (exact) mass is 169 g/mol. The highest BCUT2D eigenvalue weighted by atomic mass is 16.5. The van der Waals surface area contributed by atoms with E-state index in [1.165, 1.54) is 0 Å². The molecule has 1 heterocycles. The van der Waals surface area contributed by atoms with Crippen LogP contribution in [-0.4, -0.2) is 19.3 Å². The lowest BCUT2D eigenvalue weighted by atomic mass is 10.1. The first-order valence-electron chi connectivity index (χ1n) is 4.04. The molecule has 2 unspecified atom stereocenters. The average Bonchev–Trinajstić information content (AvgIpc) is 2.55. The molecule has 3 heteroatoms. The summed E-state index contributed by atoms with van der Waals surface area (Å²) >= 11 is 0. The minimum atomic E-state index is 0.00106. The zero-order valence-corrected chi connectivity index (χ0v) is 7.49. The summed E-state index contributed by atoms with van der Waals surface area (Å²) in [6, 6.07) is 3.78. The van der Waals surface area contributed by atoms with Crippen molar-refractivity contribution < 1.29 is 9.15 Å². The van der Waals surface area contributed by atoms with Gasteiger partial charge in [-0.05, 0) is 19.1 Å². The Bertz CT molecular complexity index is 208. The molecule has 0 fully saturated rings. The summed E-state index contributed by atoms with van der Waals surface area (Å²) in [5.74, 6) is 0.909. The van der Waals surface area contributed by atoms with Gasteiger partial charge >= 0.3 is 0 Å². The Morgan fingerprint density at radius 1 is 1.67 bits per heavy atom. The second-order valence-electron chi connectivity index (χ2n) is 2.89. The fraction of sp³-hybridized carbons (Fsp3) is 0.556. The predicted octanol–water partition coefficient (Wildman–Crippen LogP) is 1.18. The molecule has 0 bridgehead atoms. The number of nitrogens with two attached hydrogens (primary N) is 1. The zero-order valence-electron chi connectivity index (χ0n) is 7.49. The summed E-state index contributed by atoms with van der Waals surface area (Å²) in [7, 11) is 1.66. The molecule has 1 aromatic rings. The van der Waals surface area contributed by atoms with Gasteiger partial charge in [0.1, 0.15) is 5.76 Å². The summed E-state index contributed by atoms with van der Waals surface area (Å²) in [6.07, 6.45) is 2.44. The van der Waals surface area contributed by atoms with Crippen molar-refractivity contribution in [3.8, 4) is 0 Å². The van der Waals surface area contributed by atoms with Crippen LogP contribution in [0, 0.1) is 0 Å². The molecular weight excluding hydrogens is 154 g/mol. The van der Waals surface area contributed by atoms with Gasteiger partial charge in [-0.3, -0.25) is 0 Å². The van der Waals surface area contributed by atoms with Gasteiger partial charge in [0.05, 0.1) is 12.4 Å². The maximum Gasteiger partial charge on any atom is 0.105 e. The lowest BCUT2D eigenvalue weighted by Crippen LogP contribution is -2.35. The molecule has 1 rings (SSSR count). The average molecular weight is 169 g/mol. The smallest absolute Gasteiger partial charge is 0.105 e. The SMILES string of the molecule is COC(C)C(N)Cc1ccco1. The van der Waals surface area contributed by atoms with Crippen molar-refractivity contribution in [2.24, 2.45) is 5.73 Å². The van der Waals surface area contributed by atoms with E-state index in [4.69, 9.17) is 14.9 Å². The first-order chi connectivity index (χ1) is 5.74. The van der Waals surface area contributed by atoms with Gasteiger partial charge in [-0.25, -0.2) is 0 Å². The van der Waals surface area contributed by atoms with Gasteiger partial charge in [0.25, 0.3) is 0 Å². The Kier molecular flexibility index (Phi) is 3.31. The van der Waals surface area contributed by atoms with Crippen LogP contribution in [0.5, 0.6) is 0 Å². The molecule has 68 valence electrons. The molecule has 0 saturated heterocycles. The van der Waals surface area contributed by atoms with Gasteiger partial charge < -0.3 is 14.9 Å². The fourth-order valence-corrected chi connectivity index (χ4v) is 1.00. The Labute approximate surface area is 72.5 Å². The van der Waals surface area contributed by atoms with Gasteiger partial charge in [-0.2, -0.15) is 0 Å². The predicted molar refractivity (Wildman–Crippen MR) is 46.9 cm³/mol. The van der Waals surface area contributed by atoms with Gasteiger partial charge in [-0.1, -0.05) is 0 Å². The Morgan fingerprint density at radius 2 is 2.42 bits per heavy atom. The Balaban J connectivity index is 2.41. The molecule has 12 heavy (non-hydrogen) atoms. The van der Waals surface area contributed by atoms with Gasteiger partial charge in [0.2, 0.25) is 0 Å². The highest BCUT2D eigenvalue weighted by Gasteiger charge is 2.13. The van der Waals surface area contributed by atoms with Crippen LogP contribution in [0.1, 0.15) is 12.7 Å². The number of ether oxygens (including phenoxy) is 1. The van der Waals surface area contributed by atoms with Gasteiger partial charge in [0.15, 0.2) is 0 Å². The maximum absolute atomic E-state index is 5.83. The minimum absolute atomic E-state index is 0.00106. The standard InChI is InChI=1S/C9H15NO2/c1-7(11-2)9(10)6-8-4-3-5-12-8/h3-5,7,9H,6,10H2,1-2H3. The molecule has 0 aromatic carbocycles. The van der Waals surface area contributed by atoms with E-state index in [0.29, 0.717) is 0 Å². The van der Waals surface area contributed by atoms with E-state index in [0.717, 1.165) is 12.2 Å². The lowest BCUT2D eigenvalue weighted by Gasteiger charge is -2.16. The highest BCUT2D eigenvalue weighted by Crippen LogP contribution is 2.06. The fourth-order valence-electron chi connectivity index (χ4n) is 1.00. The van der Waals surface area contributed by atoms with Crippen LogP contribution >= 0.6 is 0 Å². The van der Waals surface area contributed by atoms with E-state index in [-0.39, 0.29) is 12.1 Å². The van der Waals surface area contributed by atoms with Gasteiger partial charge in [0, 0.05) is 19.6 Å². The van der Waals surface area contributed by atoms with Crippen molar-refractivity contribution in [3.63, 3.8) is 0 Å². The molecule has 0 spiro atoms. The van der Waals surface area contributed by atoms with E-state index in [9.17, 15) is 0 Å². The maximum atomic E-state index is 5.83. The molecule has 2 atom stereocenters. The number of hydrogen-bond donors (Lipinski definition) is 1. The van der Waals surface area contributed by atoms with Crippen LogP contribution < -0.4 is 5.73 Å². The normalized spacial score (nSPS) is 15.9. The summed E-state index contributed by atoms with van der Waals surface area (Å²) in [5.41, 5.74) is 5.83. The summed E-state index contributed by atoms with van der Waals surface area (Å²) in [5, 5.41) is 0. The van der Waals surface area contributed by atoms with Crippen molar-refractivity contribution in [3.05, 3.63) is 24.2 Å². The van der Waals surface area contributed by atoms with Gasteiger partial charge in [-0.15, -0.1) is 0 Å². The van der Waals surface area contributed by atoms with Crippen LogP contribution in [0.4, 0.5) is 0 Å². The third kappa shape index (κ3) is 2.36. The molecule has 0 aliphatic carbocycles. The highest BCUT2D eigenvalue weighted by molar-refractivity contribution is 5.00. The van der Waals surface area contributed by atoms with E-state index in [1.807, 2.05) is 19.1 Å². The van der Waals surface area contributed by atoms with Crippen molar-refractivity contribution in [2.45, 2.75) is 25.5 Å². The molecule has 2 N–H and O–H groups in total. The van der Waals surface area contributed by atoms with Crippen molar-refractivity contribution in [2.75, 3.05) is 7.11 Å². The summed E-state index contributed by atoms with van der Waals surface area (Å²) in [6.45, 7) is 1.95. The van der Waals surface area contributed by atoms with E-state index in [1.54, 1.807) is 13.4 Å². The molecule has 0 amide bonds. The van der Waals surface area contributed by atoms with E-state index < -0.39 is 0 Å². The molecule has 0 aliphatic rings. The molecule has 0 aliphatic heterocycles. The van der Waals surface area contributed by atoms with Crippen LogP contribution in [0.15, 0.2) is 22.8 Å². The van der Waals surface area contributed by atoms with Crippen molar-refractivity contribution in [1.29, 1.82) is 0 Å². The van der Waals surface area contributed by atoms with E-state index in [2.05, 4.69) is 0 Å². The number of rotatable bonds is 4. The first kappa shape index (κ1) is 9.29. The number of furan rings is 1. The second kappa shape index (κ2) is 4.28. The molecule has 0 saturated carbocycles. The second-order valence-corrected chi connectivity index (χ2v) is 2.89. The molecule has 0 radical (unpaired) electrons. The lowest BCUT2D eigenvalue weighted by molar-refractivity contribution is 0.0939. The summed E-state index contributed by atoms with van der Waals surface area (Å²) in [4.78, 5) is 0. The quantitative estimate of drug-likeness (QED) is 0.736. The molecule has 3 nitrogen and oxygen atoms in total. The van der Waals surface area contributed by atoms with Crippen LogP contribution in [0.25, 0.3) is 0 Å². The summed E-state index contributed by atoms with van der Waals surface area (Å²) < 4.78 is 10.3. The molecular formula is C9H15NO2. The topological polar surface area (TPSA) is 48.4 Å². The first-order valence-corrected chi connectivity index (χ1v) is 4.04. The Hall–Kier alpha value is -0.800. The van der Waals surface area contributed by atoms with Crippen molar-refractivity contribution >= 4 is 0 Å². The van der Waals surface area contributed by atoms with E-state index >= 15 is 0 Å².